The second-order valence-corrected chi connectivity index (χ2v) is 6.48. The fourth-order valence-corrected chi connectivity index (χ4v) is 2.04. The number of nitriles is 1. The summed E-state index contributed by atoms with van der Waals surface area (Å²) in [5, 5.41) is 11.8. The van der Waals surface area contributed by atoms with E-state index in [0.717, 1.165) is 0 Å². The molecule has 1 amide bonds. The maximum absolute atomic E-state index is 12.0. The van der Waals surface area contributed by atoms with Crippen molar-refractivity contribution >= 4 is 11.6 Å². The van der Waals surface area contributed by atoms with E-state index >= 15 is 0 Å². The maximum Gasteiger partial charge on any atom is 0.225 e. The zero-order valence-electron chi connectivity index (χ0n) is 13.6. The molecule has 0 saturated heterocycles. The summed E-state index contributed by atoms with van der Waals surface area (Å²) in [7, 11) is 2.03. The fraction of sp³-hybridized carbons (Fsp3) is 0.529. The number of benzene rings is 1. The number of para-hydroxylation sites is 1. The summed E-state index contributed by atoms with van der Waals surface area (Å²) in [5.74, 6) is -0.0642. The van der Waals surface area contributed by atoms with Gasteiger partial charge in [-0.25, -0.2) is 0 Å². The Balaban J connectivity index is 2.54. The van der Waals surface area contributed by atoms with Crippen molar-refractivity contribution in [3.8, 4) is 6.07 Å². The van der Waals surface area contributed by atoms with Gasteiger partial charge in [0.05, 0.1) is 11.3 Å². The number of carbonyl (C=O) groups is 1. The van der Waals surface area contributed by atoms with Gasteiger partial charge < -0.3 is 10.2 Å². The van der Waals surface area contributed by atoms with E-state index in [9.17, 15) is 4.79 Å². The standard InChI is InChI=1S/C17H25N3O/c1-13(17(2,3)4)20(5)11-10-16(21)19-15-9-7-6-8-14(15)12-18/h6-9,13H,10-11H2,1-5H3,(H,19,21). The Kier molecular flexibility index (Phi) is 5.92. The third-order valence-electron chi connectivity index (χ3n) is 3.93. The lowest BCUT2D eigenvalue weighted by Gasteiger charge is -2.35. The van der Waals surface area contributed by atoms with Gasteiger partial charge in [-0.3, -0.25) is 4.79 Å². The third-order valence-corrected chi connectivity index (χ3v) is 3.93. The van der Waals surface area contributed by atoms with Crippen LogP contribution >= 0.6 is 0 Å². The first-order chi connectivity index (χ1) is 9.75. The first-order valence-electron chi connectivity index (χ1n) is 7.25. The molecule has 0 aromatic heterocycles. The number of hydrogen-bond acceptors (Lipinski definition) is 3. The molecule has 1 aromatic rings. The van der Waals surface area contributed by atoms with Gasteiger partial charge in [0.15, 0.2) is 0 Å². The summed E-state index contributed by atoms with van der Waals surface area (Å²) in [5.41, 5.74) is 1.25. The van der Waals surface area contributed by atoms with E-state index in [1.54, 1.807) is 18.2 Å². The SMILES string of the molecule is CC(N(C)CCC(=O)Nc1ccccc1C#N)C(C)(C)C. The number of nitrogens with zero attached hydrogens (tertiary/aromatic N) is 2. The lowest BCUT2D eigenvalue weighted by Crippen LogP contribution is -2.40. The molecule has 1 rings (SSSR count). The van der Waals surface area contributed by atoms with Crippen LogP contribution in [0.4, 0.5) is 5.69 Å². The van der Waals surface area contributed by atoms with E-state index in [1.165, 1.54) is 0 Å². The Morgan fingerprint density at radius 2 is 2.00 bits per heavy atom. The van der Waals surface area contributed by atoms with E-state index in [1.807, 2.05) is 13.1 Å². The van der Waals surface area contributed by atoms with Gasteiger partial charge >= 0.3 is 0 Å². The molecule has 0 aliphatic carbocycles. The number of amides is 1. The number of carbonyl (C=O) groups excluding carboxylic acids is 1. The fourth-order valence-electron chi connectivity index (χ4n) is 2.04. The van der Waals surface area contributed by atoms with E-state index in [2.05, 4.69) is 44.0 Å². The maximum atomic E-state index is 12.0. The topological polar surface area (TPSA) is 56.1 Å². The van der Waals surface area contributed by atoms with Gasteiger partial charge in [-0.2, -0.15) is 5.26 Å². The highest BCUT2D eigenvalue weighted by Gasteiger charge is 2.23. The zero-order chi connectivity index (χ0) is 16.0. The summed E-state index contributed by atoms with van der Waals surface area (Å²) < 4.78 is 0. The Hall–Kier alpha value is -1.86. The minimum absolute atomic E-state index is 0.0642. The van der Waals surface area contributed by atoms with Crippen molar-refractivity contribution in [3.05, 3.63) is 29.8 Å². The predicted molar refractivity (Wildman–Crippen MR) is 86.0 cm³/mol. The number of hydrogen-bond donors (Lipinski definition) is 1. The van der Waals surface area contributed by atoms with Crippen LogP contribution in [0.3, 0.4) is 0 Å². The van der Waals surface area contributed by atoms with Gasteiger partial charge in [0.1, 0.15) is 6.07 Å². The second-order valence-electron chi connectivity index (χ2n) is 6.48. The molecule has 0 aliphatic heterocycles. The Bertz CT molecular complexity index is 526. The van der Waals surface area contributed by atoms with Gasteiger partial charge in [0.25, 0.3) is 0 Å². The highest BCUT2D eigenvalue weighted by atomic mass is 16.1. The first kappa shape index (κ1) is 17.2. The van der Waals surface area contributed by atoms with Gasteiger partial charge in [-0.1, -0.05) is 32.9 Å². The van der Waals surface area contributed by atoms with E-state index in [0.29, 0.717) is 30.3 Å². The molecule has 1 N–H and O–H groups in total. The van der Waals surface area contributed by atoms with Crippen molar-refractivity contribution in [1.82, 2.24) is 4.90 Å². The average Bonchev–Trinajstić information content (AvgIpc) is 2.43. The Morgan fingerprint density at radius 3 is 2.57 bits per heavy atom. The van der Waals surface area contributed by atoms with E-state index < -0.39 is 0 Å². The first-order valence-corrected chi connectivity index (χ1v) is 7.25. The van der Waals surface area contributed by atoms with Crippen molar-refractivity contribution in [2.24, 2.45) is 5.41 Å². The van der Waals surface area contributed by atoms with Crippen molar-refractivity contribution in [1.29, 1.82) is 5.26 Å². The molecular formula is C17H25N3O. The van der Waals surface area contributed by atoms with Crippen LogP contribution in [0.15, 0.2) is 24.3 Å². The van der Waals surface area contributed by atoms with Gasteiger partial charge in [-0.05, 0) is 31.5 Å². The third kappa shape index (κ3) is 5.20. The molecule has 0 fully saturated rings. The quantitative estimate of drug-likeness (QED) is 0.904. The van der Waals surface area contributed by atoms with Crippen LogP contribution in [0.2, 0.25) is 0 Å². The molecule has 0 radical (unpaired) electrons. The highest BCUT2D eigenvalue weighted by molar-refractivity contribution is 5.92. The molecule has 0 spiro atoms. The smallest absolute Gasteiger partial charge is 0.225 e. The molecule has 0 aliphatic rings. The lowest BCUT2D eigenvalue weighted by atomic mass is 9.87. The van der Waals surface area contributed by atoms with Crippen molar-refractivity contribution in [2.75, 3.05) is 18.9 Å². The lowest BCUT2D eigenvalue weighted by molar-refractivity contribution is -0.116. The molecule has 0 bridgehead atoms. The van der Waals surface area contributed by atoms with Gasteiger partial charge in [0.2, 0.25) is 5.91 Å². The zero-order valence-corrected chi connectivity index (χ0v) is 13.6. The van der Waals surface area contributed by atoms with Crippen molar-refractivity contribution < 1.29 is 4.79 Å². The number of anilines is 1. The molecular weight excluding hydrogens is 262 g/mol. The molecule has 4 nitrogen and oxygen atoms in total. The van der Waals surface area contributed by atoms with Crippen LogP contribution in [0.1, 0.15) is 39.7 Å². The summed E-state index contributed by atoms with van der Waals surface area (Å²) >= 11 is 0. The summed E-state index contributed by atoms with van der Waals surface area (Å²) in [6.07, 6.45) is 0.413. The minimum atomic E-state index is -0.0642. The molecule has 1 aromatic carbocycles. The predicted octanol–water partition coefficient (Wildman–Crippen LogP) is 3.25. The average molecular weight is 287 g/mol. The molecule has 1 unspecified atom stereocenters. The molecule has 0 heterocycles. The number of nitrogens with one attached hydrogen (secondary N) is 1. The molecule has 0 saturated carbocycles. The van der Waals surface area contributed by atoms with Gasteiger partial charge in [0, 0.05) is 19.0 Å². The number of rotatable bonds is 5. The van der Waals surface area contributed by atoms with Crippen LogP contribution < -0.4 is 5.32 Å². The normalized spacial score (nSPS) is 12.8. The molecule has 1 atom stereocenters. The highest BCUT2D eigenvalue weighted by Crippen LogP contribution is 2.23. The van der Waals surface area contributed by atoms with Crippen LogP contribution in [-0.2, 0) is 4.79 Å². The summed E-state index contributed by atoms with van der Waals surface area (Å²) in [6, 6.07) is 9.50. The summed E-state index contributed by atoms with van der Waals surface area (Å²) in [4.78, 5) is 14.2. The van der Waals surface area contributed by atoms with Gasteiger partial charge in [-0.15, -0.1) is 0 Å². The molecule has 4 heteroatoms. The van der Waals surface area contributed by atoms with Crippen LogP contribution in [-0.4, -0.2) is 30.4 Å². The van der Waals surface area contributed by atoms with E-state index in [4.69, 9.17) is 5.26 Å². The molecule has 114 valence electrons. The van der Waals surface area contributed by atoms with Crippen LogP contribution in [0, 0.1) is 16.7 Å². The van der Waals surface area contributed by atoms with Crippen LogP contribution in [0.25, 0.3) is 0 Å². The summed E-state index contributed by atoms with van der Waals surface area (Å²) in [6.45, 7) is 9.44. The van der Waals surface area contributed by atoms with Crippen molar-refractivity contribution in [3.63, 3.8) is 0 Å². The molecule has 21 heavy (non-hydrogen) atoms. The Morgan fingerprint density at radius 1 is 1.38 bits per heavy atom. The Labute approximate surface area is 127 Å². The largest absolute Gasteiger partial charge is 0.325 e. The second kappa shape index (κ2) is 7.24. The van der Waals surface area contributed by atoms with Crippen LogP contribution in [0.5, 0.6) is 0 Å². The monoisotopic (exact) mass is 287 g/mol. The minimum Gasteiger partial charge on any atom is -0.325 e. The van der Waals surface area contributed by atoms with Crippen molar-refractivity contribution in [2.45, 2.75) is 40.2 Å². The van der Waals surface area contributed by atoms with E-state index in [-0.39, 0.29) is 11.3 Å².